The van der Waals surface area contributed by atoms with E-state index in [1.165, 1.54) is 0 Å². The predicted octanol–water partition coefficient (Wildman–Crippen LogP) is 2.68. The third kappa shape index (κ3) is 2.92. The molecule has 1 aromatic rings. The summed E-state index contributed by atoms with van der Waals surface area (Å²) in [6.07, 6.45) is 1.77. The molecule has 5 heteroatoms. The van der Waals surface area contributed by atoms with Crippen molar-refractivity contribution in [2.75, 3.05) is 20.2 Å². The Labute approximate surface area is 136 Å². The summed E-state index contributed by atoms with van der Waals surface area (Å²) in [6, 6.07) is 5.35. The van der Waals surface area contributed by atoms with Crippen LogP contribution >= 0.6 is 0 Å². The number of carbonyl (C=O) groups excluding carboxylic acids is 2. The first-order valence-electron chi connectivity index (χ1n) is 8.13. The van der Waals surface area contributed by atoms with E-state index in [4.69, 9.17) is 9.47 Å². The van der Waals surface area contributed by atoms with Gasteiger partial charge < -0.3 is 14.4 Å². The minimum atomic E-state index is -0.466. The lowest BCUT2D eigenvalue weighted by atomic mass is 9.82. The lowest BCUT2D eigenvalue weighted by Gasteiger charge is -2.44. The van der Waals surface area contributed by atoms with Crippen LogP contribution in [0.15, 0.2) is 18.2 Å². The van der Waals surface area contributed by atoms with Gasteiger partial charge in [0, 0.05) is 31.8 Å². The van der Waals surface area contributed by atoms with Crippen LogP contribution in [-0.4, -0.2) is 42.4 Å². The number of hydrogen-bond donors (Lipinski definition) is 0. The molecule has 2 aliphatic rings. The molecular formula is C18H23NO4. The van der Waals surface area contributed by atoms with Crippen molar-refractivity contribution in [3.05, 3.63) is 23.8 Å². The van der Waals surface area contributed by atoms with Gasteiger partial charge in [0.15, 0.2) is 5.78 Å². The Hall–Kier alpha value is -2.04. The summed E-state index contributed by atoms with van der Waals surface area (Å²) in [4.78, 5) is 26.5. The number of fused-ring (bicyclic) bond motifs is 1. The summed E-state index contributed by atoms with van der Waals surface area (Å²) in [5.41, 5.74) is 0.127. The van der Waals surface area contributed by atoms with Crippen molar-refractivity contribution < 1.29 is 19.1 Å². The molecule has 0 saturated carbocycles. The van der Waals surface area contributed by atoms with Gasteiger partial charge >= 0.3 is 0 Å². The largest absolute Gasteiger partial charge is 0.497 e. The first-order valence-corrected chi connectivity index (χ1v) is 8.13. The zero-order chi connectivity index (χ0) is 16.6. The number of Topliss-reactive ketones (excluding diaryl/α,β-unsaturated/α-hetero) is 1. The molecule has 1 aromatic carbocycles. The Kier molecular flexibility index (Phi) is 4.04. The van der Waals surface area contributed by atoms with Crippen LogP contribution in [0.5, 0.6) is 11.5 Å². The normalized spacial score (nSPS) is 19.5. The van der Waals surface area contributed by atoms with E-state index in [1.54, 1.807) is 19.2 Å². The highest BCUT2D eigenvalue weighted by molar-refractivity contribution is 6.00. The van der Waals surface area contributed by atoms with Gasteiger partial charge in [-0.05, 0) is 18.2 Å². The SMILES string of the molecule is COc1ccc2c(c1)C(=O)CC1(CCN(C(=O)C(C)C)CC1)O2. The molecule has 0 N–H and O–H groups in total. The maximum Gasteiger partial charge on any atom is 0.225 e. The molecule has 1 spiro atoms. The van der Waals surface area contributed by atoms with Gasteiger partial charge in [-0.1, -0.05) is 13.8 Å². The molecule has 0 unspecified atom stereocenters. The van der Waals surface area contributed by atoms with Gasteiger partial charge in [-0.25, -0.2) is 0 Å². The van der Waals surface area contributed by atoms with Gasteiger partial charge in [0.1, 0.15) is 17.1 Å². The number of amides is 1. The monoisotopic (exact) mass is 317 g/mol. The summed E-state index contributed by atoms with van der Waals surface area (Å²) in [7, 11) is 1.58. The number of benzene rings is 1. The van der Waals surface area contributed by atoms with Crippen molar-refractivity contribution in [2.24, 2.45) is 5.92 Å². The van der Waals surface area contributed by atoms with Crippen LogP contribution in [0.2, 0.25) is 0 Å². The fraction of sp³-hybridized carbons (Fsp3) is 0.556. The summed E-state index contributed by atoms with van der Waals surface area (Å²) in [5.74, 6) is 1.56. The number of rotatable bonds is 2. The van der Waals surface area contributed by atoms with Crippen molar-refractivity contribution in [2.45, 2.75) is 38.7 Å². The number of likely N-dealkylation sites (tertiary alicyclic amines) is 1. The second kappa shape index (κ2) is 5.87. The molecule has 2 heterocycles. The number of ketones is 1. The second-order valence-corrected chi connectivity index (χ2v) is 6.73. The van der Waals surface area contributed by atoms with Crippen LogP contribution in [0.4, 0.5) is 0 Å². The zero-order valence-corrected chi connectivity index (χ0v) is 13.9. The maximum atomic E-state index is 12.5. The molecule has 124 valence electrons. The van der Waals surface area contributed by atoms with Crippen molar-refractivity contribution >= 4 is 11.7 Å². The first kappa shape index (κ1) is 15.8. The van der Waals surface area contributed by atoms with Crippen molar-refractivity contribution in [1.82, 2.24) is 4.90 Å². The fourth-order valence-electron chi connectivity index (χ4n) is 3.38. The van der Waals surface area contributed by atoms with Gasteiger partial charge in [-0.3, -0.25) is 9.59 Å². The smallest absolute Gasteiger partial charge is 0.225 e. The van der Waals surface area contributed by atoms with Crippen molar-refractivity contribution in [1.29, 1.82) is 0 Å². The highest BCUT2D eigenvalue weighted by atomic mass is 16.5. The van der Waals surface area contributed by atoms with E-state index in [-0.39, 0.29) is 17.6 Å². The molecular weight excluding hydrogens is 294 g/mol. The van der Waals surface area contributed by atoms with Gasteiger partial charge in [0.2, 0.25) is 5.91 Å². The van der Waals surface area contributed by atoms with E-state index in [9.17, 15) is 9.59 Å². The van der Waals surface area contributed by atoms with Crippen LogP contribution in [-0.2, 0) is 4.79 Å². The molecule has 0 radical (unpaired) electrons. The van der Waals surface area contributed by atoms with Gasteiger partial charge in [-0.2, -0.15) is 0 Å². The molecule has 0 atom stereocenters. The first-order chi connectivity index (χ1) is 10.9. The summed E-state index contributed by atoms with van der Waals surface area (Å²) >= 11 is 0. The Morgan fingerprint density at radius 1 is 1.30 bits per heavy atom. The molecule has 0 bridgehead atoms. The van der Waals surface area contributed by atoms with E-state index >= 15 is 0 Å². The number of nitrogens with zero attached hydrogens (tertiary/aromatic N) is 1. The molecule has 2 aliphatic heterocycles. The molecule has 1 fully saturated rings. The van der Waals surface area contributed by atoms with Crippen LogP contribution in [0.3, 0.4) is 0 Å². The van der Waals surface area contributed by atoms with Crippen LogP contribution in [0.25, 0.3) is 0 Å². The van der Waals surface area contributed by atoms with E-state index in [0.29, 0.717) is 49.4 Å². The van der Waals surface area contributed by atoms with Crippen molar-refractivity contribution in [3.8, 4) is 11.5 Å². The fourth-order valence-corrected chi connectivity index (χ4v) is 3.38. The predicted molar refractivity (Wildman–Crippen MR) is 86.0 cm³/mol. The topological polar surface area (TPSA) is 55.8 Å². The second-order valence-electron chi connectivity index (χ2n) is 6.73. The van der Waals surface area contributed by atoms with E-state index in [1.807, 2.05) is 24.8 Å². The number of piperidine rings is 1. The number of ether oxygens (including phenoxy) is 2. The summed E-state index contributed by atoms with van der Waals surface area (Å²) < 4.78 is 11.4. The number of methoxy groups -OCH3 is 1. The standard InChI is InChI=1S/C18H23NO4/c1-12(2)17(21)19-8-6-18(7-9-19)11-15(20)14-10-13(22-3)4-5-16(14)23-18/h4-5,10,12H,6-9,11H2,1-3H3. The third-order valence-electron chi connectivity index (χ3n) is 4.78. The van der Waals surface area contributed by atoms with E-state index in [0.717, 1.165) is 0 Å². The Bertz CT molecular complexity index is 630. The summed E-state index contributed by atoms with van der Waals surface area (Å²) in [5, 5.41) is 0. The van der Waals surface area contributed by atoms with Crippen LogP contribution < -0.4 is 9.47 Å². The molecule has 0 aromatic heterocycles. The van der Waals surface area contributed by atoms with E-state index in [2.05, 4.69) is 0 Å². The quantitative estimate of drug-likeness (QED) is 0.841. The van der Waals surface area contributed by atoms with Gasteiger partial charge in [-0.15, -0.1) is 0 Å². The number of hydrogen-bond acceptors (Lipinski definition) is 4. The van der Waals surface area contributed by atoms with Crippen molar-refractivity contribution in [3.63, 3.8) is 0 Å². The third-order valence-corrected chi connectivity index (χ3v) is 4.78. The minimum Gasteiger partial charge on any atom is -0.497 e. The lowest BCUT2D eigenvalue weighted by Crippen LogP contribution is -2.52. The molecule has 0 aliphatic carbocycles. The minimum absolute atomic E-state index is 0.00569. The average Bonchev–Trinajstić information content (AvgIpc) is 2.54. The Morgan fingerprint density at radius 2 is 2.00 bits per heavy atom. The van der Waals surface area contributed by atoms with Crippen LogP contribution in [0, 0.1) is 5.92 Å². The maximum absolute atomic E-state index is 12.5. The highest BCUT2D eigenvalue weighted by Crippen LogP contribution is 2.40. The Balaban J connectivity index is 1.76. The Morgan fingerprint density at radius 3 is 2.61 bits per heavy atom. The highest BCUT2D eigenvalue weighted by Gasteiger charge is 2.43. The summed E-state index contributed by atoms with van der Waals surface area (Å²) in [6.45, 7) is 5.12. The van der Waals surface area contributed by atoms with Gasteiger partial charge in [0.25, 0.3) is 0 Å². The number of carbonyl (C=O) groups is 2. The van der Waals surface area contributed by atoms with Gasteiger partial charge in [0.05, 0.1) is 19.1 Å². The molecule has 1 saturated heterocycles. The zero-order valence-electron chi connectivity index (χ0n) is 13.9. The van der Waals surface area contributed by atoms with E-state index < -0.39 is 5.60 Å². The molecule has 5 nitrogen and oxygen atoms in total. The molecule has 3 rings (SSSR count). The average molecular weight is 317 g/mol. The lowest BCUT2D eigenvalue weighted by molar-refractivity contribution is -0.138. The molecule has 1 amide bonds. The molecule has 23 heavy (non-hydrogen) atoms. The van der Waals surface area contributed by atoms with Crippen LogP contribution in [0.1, 0.15) is 43.5 Å².